The Morgan fingerprint density at radius 1 is 1.08 bits per heavy atom. The first kappa shape index (κ1) is 19.4. The molecule has 2 rings (SSSR count). The first-order chi connectivity index (χ1) is 11.5. The quantitative estimate of drug-likeness (QED) is 0.460. The lowest BCUT2D eigenvalue weighted by molar-refractivity contribution is 0.665. The van der Waals surface area contributed by atoms with Crippen LogP contribution in [-0.4, -0.2) is 23.4 Å². The molecule has 0 amide bonds. The van der Waals surface area contributed by atoms with Crippen molar-refractivity contribution in [3.05, 3.63) is 53.6 Å². The van der Waals surface area contributed by atoms with Crippen LogP contribution in [0.25, 0.3) is 0 Å². The van der Waals surface area contributed by atoms with Crippen molar-refractivity contribution in [1.82, 2.24) is 4.98 Å². The number of allylic oxidation sites excluding steroid dienone is 3. The third kappa shape index (κ3) is 6.54. The van der Waals surface area contributed by atoms with Crippen LogP contribution in [0.5, 0.6) is 0 Å². The third-order valence-corrected chi connectivity index (χ3v) is 7.27. The largest absolute Gasteiger partial charge is 0.334 e. The van der Waals surface area contributed by atoms with Crippen LogP contribution in [0.1, 0.15) is 45.4 Å². The fraction of sp³-hybridized carbons (Fsp3) is 0.524. The van der Waals surface area contributed by atoms with Gasteiger partial charge in [-0.15, -0.1) is 0 Å². The molecule has 130 valence electrons. The molecule has 0 bridgehead atoms. The number of unbranched alkanes of at least 4 members (excludes halogenated alkanes) is 3. The summed E-state index contributed by atoms with van der Waals surface area (Å²) < 4.78 is 0. The van der Waals surface area contributed by atoms with Gasteiger partial charge in [0.1, 0.15) is 17.8 Å². The second-order valence-electron chi connectivity index (χ2n) is 7.81. The van der Waals surface area contributed by atoms with Gasteiger partial charge in [-0.05, 0) is 24.8 Å². The molecule has 1 aromatic carbocycles. The SMILES string of the molecule is CCCCCCC1=C(C(N[Si](C)(C)C)[Si]c2ccccc2)CC=C1. The van der Waals surface area contributed by atoms with Gasteiger partial charge in [0.2, 0.25) is 0 Å². The fourth-order valence-corrected chi connectivity index (χ4v) is 7.02. The van der Waals surface area contributed by atoms with Crippen LogP contribution in [0.4, 0.5) is 0 Å². The predicted molar refractivity (Wildman–Crippen MR) is 112 cm³/mol. The summed E-state index contributed by atoms with van der Waals surface area (Å²) in [4.78, 5) is 4.03. The highest BCUT2D eigenvalue weighted by Gasteiger charge is 2.25. The second-order valence-corrected chi connectivity index (χ2v) is 14.0. The van der Waals surface area contributed by atoms with Crippen LogP contribution in [0, 0.1) is 0 Å². The Morgan fingerprint density at radius 3 is 2.50 bits per heavy atom. The third-order valence-electron chi connectivity index (χ3n) is 4.38. The monoisotopic (exact) mass is 355 g/mol. The fourth-order valence-electron chi connectivity index (χ4n) is 3.20. The summed E-state index contributed by atoms with van der Waals surface area (Å²) >= 11 is 0. The number of hydrogen-bond donors (Lipinski definition) is 1. The molecule has 2 radical (unpaired) electrons. The molecule has 1 aromatic rings. The van der Waals surface area contributed by atoms with E-state index >= 15 is 0 Å². The highest BCUT2D eigenvalue weighted by atomic mass is 28.3. The Bertz CT molecular complexity index is 555. The van der Waals surface area contributed by atoms with Gasteiger partial charge in [-0.25, -0.2) is 0 Å². The molecule has 1 unspecified atom stereocenters. The Morgan fingerprint density at radius 2 is 1.83 bits per heavy atom. The van der Waals surface area contributed by atoms with E-state index in [9.17, 15) is 0 Å². The summed E-state index contributed by atoms with van der Waals surface area (Å²) in [5.41, 5.74) is 3.80. The zero-order chi connectivity index (χ0) is 17.4. The highest BCUT2D eigenvalue weighted by Crippen LogP contribution is 2.27. The summed E-state index contributed by atoms with van der Waals surface area (Å²) in [5.74, 6) is 0. The number of rotatable bonds is 10. The van der Waals surface area contributed by atoms with Crippen LogP contribution in [0.2, 0.25) is 19.6 Å². The topological polar surface area (TPSA) is 12.0 Å². The van der Waals surface area contributed by atoms with Crippen LogP contribution in [-0.2, 0) is 0 Å². The Labute approximate surface area is 152 Å². The Hall–Kier alpha value is -0.906. The van der Waals surface area contributed by atoms with Crippen molar-refractivity contribution in [2.45, 2.75) is 70.8 Å². The van der Waals surface area contributed by atoms with Crippen LogP contribution < -0.4 is 10.2 Å². The van der Waals surface area contributed by atoms with Gasteiger partial charge in [0.05, 0.1) is 0 Å². The van der Waals surface area contributed by atoms with Crippen LogP contribution in [0.15, 0.2) is 53.6 Å². The molecule has 0 saturated carbocycles. The highest BCUT2D eigenvalue weighted by molar-refractivity contribution is 6.75. The summed E-state index contributed by atoms with van der Waals surface area (Å²) in [6, 6.07) is 11.0. The Kier molecular flexibility index (Phi) is 7.72. The van der Waals surface area contributed by atoms with Gasteiger partial charge >= 0.3 is 0 Å². The molecule has 0 aliphatic heterocycles. The maximum Gasteiger partial charge on any atom is 0.116 e. The van der Waals surface area contributed by atoms with Gasteiger partial charge < -0.3 is 4.98 Å². The number of nitrogens with one attached hydrogen (secondary N) is 1. The average molecular weight is 356 g/mol. The van der Waals surface area contributed by atoms with Crippen molar-refractivity contribution in [3.63, 3.8) is 0 Å². The minimum Gasteiger partial charge on any atom is -0.334 e. The second kappa shape index (κ2) is 9.54. The normalized spacial score (nSPS) is 16.0. The maximum atomic E-state index is 4.03. The molecule has 0 heterocycles. The summed E-state index contributed by atoms with van der Waals surface area (Å²) in [6.07, 6.45) is 12.6. The van der Waals surface area contributed by atoms with Crippen molar-refractivity contribution in [2.75, 3.05) is 0 Å². The van der Waals surface area contributed by atoms with E-state index in [-0.39, 0.29) is 0 Å². The van der Waals surface area contributed by atoms with Crippen molar-refractivity contribution in [1.29, 1.82) is 0 Å². The van der Waals surface area contributed by atoms with Crippen molar-refractivity contribution in [3.8, 4) is 0 Å². The number of benzene rings is 1. The van der Waals surface area contributed by atoms with Gasteiger partial charge in [-0.3, -0.25) is 0 Å². The molecule has 0 spiro atoms. The summed E-state index contributed by atoms with van der Waals surface area (Å²) in [6.45, 7) is 9.53. The van der Waals surface area contributed by atoms with Crippen LogP contribution in [0.3, 0.4) is 0 Å². The van der Waals surface area contributed by atoms with E-state index in [1.165, 1.54) is 37.3 Å². The molecule has 0 fully saturated rings. The lowest BCUT2D eigenvalue weighted by Gasteiger charge is -2.29. The first-order valence-corrected chi connectivity index (χ1v) is 14.0. The van der Waals surface area contributed by atoms with Gasteiger partial charge in [0, 0.05) is 5.67 Å². The van der Waals surface area contributed by atoms with E-state index in [1.54, 1.807) is 11.1 Å². The molecule has 24 heavy (non-hydrogen) atoms. The number of hydrogen-bond acceptors (Lipinski definition) is 1. The first-order valence-electron chi connectivity index (χ1n) is 9.47. The van der Waals surface area contributed by atoms with E-state index in [0.29, 0.717) is 5.67 Å². The van der Waals surface area contributed by atoms with E-state index in [4.69, 9.17) is 0 Å². The standard InChI is InChI=1S/C21H33NSi2/c1-5-6-7-9-13-18-14-12-17-20(18)21(22-24(2,3)4)23-19-15-10-8-11-16-19/h8,10-12,14-16,21-22H,5-7,9,13,17H2,1-4H3. The minimum atomic E-state index is -1.32. The molecule has 1 aliphatic rings. The molecule has 1 aliphatic carbocycles. The van der Waals surface area contributed by atoms with Gasteiger partial charge in [-0.1, -0.05) is 99.1 Å². The molecular weight excluding hydrogens is 322 g/mol. The molecule has 3 heteroatoms. The van der Waals surface area contributed by atoms with Gasteiger partial charge in [0.15, 0.2) is 0 Å². The lowest BCUT2D eigenvalue weighted by atomic mass is 10.0. The van der Waals surface area contributed by atoms with Crippen LogP contribution >= 0.6 is 0 Å². The molecule has 0 saturated heterocycles. The smallest absolute Gasteiger partial charge is 0.116 e. The average Bonchev–Trinajstić information content (AvgIpc) is 2.99. The summed E-state index contributed by atoms with van der Waals surface area (Å²) in [5, 5.41) is 1.47. The van der Waals surface area contributed by atoms with Crippen molar-refractivity contribution >= 4 is 22.9 Å². The maximum absolute atomic E-state index is 4.03. The molecular formula is C21H33NSi2. The molecule has 0 aromatic heterocycles. The van der Waals surface area contributed by atoms with Gasteiger partial charge in [-0.2, -0.15) is 0 Å². The summed E-state index contributed by atoms with van der Waals surface area (Å²) in [7, 11) is -0.500. The van der Waals surface area contributed by atoms with Crippen molar-refractivity contribution in [2.24, 2.45) is 0 Å². The predicted octanol–water partition coefficient (Wildman–Crippen LogP) is 4.99. The molecule has 1 N–H and O–H groups in total. The minimum absolute atomic E-state index is 0.523. The zero-order valence-electron chi connectivity index (χ0n) is 15.9. The Balaban J connectivity index is 2.12. The van der Waals surface area contributed by atoms with E-state index < -0.39 is 8.24 Å². The van der Waals surface area contributed by atoms with Crippen molar-refractivity contribution < 1.29 is 0 Å². The van der Waals surface area contributed by atoms with E-state index in [0.717, 1.165) is 15.9 Å². The molecule has 1 atom stereocenters. The van der Waals surface area contributed by atoms with E-state index in [1.807, 2.05) is 0 Å². The van der Waals surface area contributed by atoms with E-state index in [2.05, 4.69) is 74.0 Å². The zero-order valence-corrected chi connectivity index (χ0v) is 17.9. The lowest BCUT2D eigenvalue weighted by Crippen LogP contribution is -2.53. The van der Waals surface area contributed by atoms with Gasteiger partial charge in [0.25, 0.3) is 0 Å². The molecule has 1 nitrogen and oxygen atoms in total.